The Bertz CT molecular complexity index is 411. The zero-order valence-electron chi connectivity index (χ0n) is 7.81. The van der Waals surface area contributed by atoms with Crippen LogP contribution in [0.25, 0.3) is 0 Å². The average Bonchev–Trinajstić information content (AvgIpc) is 2.07. The molecule has 0 aliphatic heterocycles. The summed E-state index contributed by atoms with van der Waals surface area (Å²) in [4.78, 5) is 13.4. The zero-order valence-corrected chi connectivity index (χ0v) is 7.81. The number of aromatic amines is 1. The highest BCUT2D eigenvalue weighted by Crippen LogP contribution is 2.22. The fourth-order valence-corrected chi connectivity index (χ4v) is 1.12. The van der Waals surface area contributed by atoms with Crippen LogP contribution in [-0.4, -0.2) is 11.3 Å². The van der Waals surface area contributed by atoms with Crippen LogP contribution in [-0.2, 0) is 6.54 Å². The fourth-order valence-electron chi connectivity index (χ4n) is 1.12. The maximum Gasteiger partial charge on any atom is 0.573 e. The van der Waals surface area contributed by atoms with E-state index in [-0.39, 0.29) is 12.1 Å². The van der Waals surface area contributed by atoms with Crippen molar-refractivity contribution in [1.29, 1.82) is 0 Å². The minimum absolute atomic E-state index is 0.0218. The molecule has 0 saturated heterocycles. The molecule has 0 fully saturated rings. The van der Waals surface area contributed by atoms with Crippen LogP contribution in [0.3, 0.4) is 0 Å². The Labute approximate surface area is 82.9 Å². The molecule has 0 radical (unpaired) electrons. The van der Waals surface area contributed by atoms with Crippen molar-refractivity contribution in [3.8, 4) is 5.75 Å². The molecule has 0 spiro atoms. The van der Waals surface area contributed by atoms with Crippen LogP contribution in [0, 0.1) is 6.92 Å². The molecule has 1 aromatic heterocycles. The summed E-state index contributed by atoms with van der Waals surface area (Å²) in [6.45, 7) is 1.34. The highest BCUT2D eigenvalue weighted by atomic mass is 19.4. The van der Waals surface area contributed by atoms with Crippen molar-refractivity contribution in [2.24, 2.45) is 5.73 Å². The van der Waals surface area contributed by atoms with Gasteiger partial charge in [-0.25, -0.2) is 0 Å². The van der Waals surface area contributed by atoms with Gasteiger partial charge in [0.05, 0.1) is 0 Å². The number of H-pyrrole nitrogens is 1. The molecule has 4 nitrogen and oxygen atoms in total. The van der Waals surface area contributed by atoms with Crippen molar-refractivity contribution in [1.82, 2.24) is 4.98 Å². The standard InChI is InChI=1S/C8H9F3N2O2/c1-4-2-5(3-12)6(7(14)13-4)15-8(9,10)11/h2H,3,12H2,1H3,(H,13,14). The molecule has 1 aromatic rings. The number of nitrogens with two attached hydrogens (primary N) is 1. The van der Waals surface area contributed by atoms with E-state index in [0.717, 1.165) is 0 Å². The molecule has 1 heterocycles. The molecule has 0 atom stereocenters. The monoisotopic (exact) mass is 222 g/mol. The Morgan fingerprint density at radius 1 is 1.53 bits per heavy atom. The SMILES string of the molecule is Cc1cc(CN)c(OC(F)(F)F)c(=O)[nH]1. The van der Waals surface area contributed by atoms with Crippen molar-refractivity contribution in [2.45, 2.75) is 19.8 Å². The lowest BCUT2D eigenvalue weighted by molar-refractivity contribution is -0.275. The molecule has 0 aliphatic carbocycles. The molecular formula is C8H9F3N2O2. The predicted molar refractivity (Wildman–Crippen MR) is 46.4 cm³/mol. The fraction of sp³-hybridized carbons (Fsp3) is 0.375. The minimum atomic E-state index is -4.90. The van der Waals surface area contributed by atoms with Crippen LogP contribution in [0.15, 0.2) is 10.9 Å². The van der Waals surface area contributed by atoms with Gasteiger partial charge in [0.25, 0.3) is 5.56 Å². The summed E-state index contributed by atoms with van der Waals surface area (Å²) in [6.07, 6.45) is -4.90. The second-order valence-corrected chi connectivity index (χ2v) is 2.89. The van der Waals surface area contributed by atoms with E-state index in [1.54, 1.807) is 0 Å². The Kier molecular flexibility index (Phi) is 3.04. The van der Waals surface area contributed by atoms with Gasteiger partial charge in [-0.1, -0.05) is 0 Å². The van der Waals surface area contributed by atoms with Gasteiger partial charge in [-0.3, -0.25) is 4.79 Å². The van der Waals surface area contributed by atoms with E-state index in [2.05, 4.69) is 9.72 Å². The summed E-state index contributed by atoms with van der Waals surface area (Å²) in [7, 11) is 0. The van der Waals surface area contributed by atoms with E-state index in [1.807, 2.05) is 0 Å². The summed E-state index contributed by atoms with van der Waals surface area (Å²) in [5.41, 5.74) is 4.72. The molecule has 0 aromatic carbocycles. The molecule has 1 rings (SSSR count). The van der Waals surface area contributed by atoms with Crippen molar-refractivity contribution in [3.05, 3.63) is 27.7 Å². The Balaban J connectivity index is 3.22. The highest BCUT2D eigenvalue weighted by Gasteiger charge is 2.33. The molecule has 0 bridgehead atoms. The Morgan fingerprint density at radius 3 is 2.60 bits per heavy atom. The maximum atomic E-state index is 11.9. The number of aromatic nitrogens is 1. The number of ether oxygens (including phenoxy) is 1. The van der Waals surface area contributed by atoms with Gasteiger partial charge in [-0.15, -0.1) is 13.2 Å². The lowest BCUT2D eigenvalue weighted by Crippen LogP contribution is -2.25. The van der Waals surface area contributed by atoms with Gasteiger partial charge < -0.3 is 15.5 Å². The molecule has 0 amide bonds. The number of hydrogen-bond acceptors (Lipinski definition) is 3. The van der Waals surface area contributed by atoms with Crippen molar-refractivity contribution < 1.29 is 17.9 Å². The van der Waals surface area contributed by atoms with E-state index < -0.39 is 17.7 Å². The minimum Gasteiger partial charge on any atom is -0.400 e. The highest BCUT2D eigenvalue weighted by molar-refractivity contribution is 5.32. The molecule has 84 valence electrons. The van der Waals surface area contributed by atoms with E-state index in [1.165, 1.54) is 13.0 Å². The van der Waals surface area contributed by atoms with Crippen LogP contribution in [0.1, 0.15) is 11.3 Å². The number of nitrogens with one attached hydrogen (secondary N) is 1. The summed E-state index contributed by atoms with van der Waals surface area (Å²) in [6, 6.07) is 1.34. The molecular weight excluding hydrogens is 213 g/mol. The van der Waals surface area contributed by atoms with Crippen molar-refractivity contribution in [2.75, 3.05) is 0 Å². The number of hydrogen-bond donors (Lipinski definition) is 2. The average molecular weight is 222 g/mol. The first kappa shape index (κ1) is 11.6. The van der Waals surface area contributed by atoms with Crippen molar-refractivity contribution in [3.63, 3.8) is 0 Å². The number of pyridine rings is 1. The summed E-state index contributed by atoms with van der Waals surface area (Å²) in [5.74, 6) is -0.796. The third kappa shape index (κ3) is 2.98. The molecule has 3 N–H and O–H groups in total. The predicted octanol–water partition coefficient (Wildman–Crippen LogP) is 1.04. The van der Waals surface area contributed by atoms with Gasteiger partial charge in [-0.2, -0.15) is 0 Å². The van der Waals surface area contributed by atoms with Gasteiger partial charge in [0.15, 0.2) is 5.75 Å². The van der Waals surface area contributed by atoms with Crippen LogP contribution in [0.4, 0.5) is 13.2 Å². The molecule has 7 heteroatoms. The van der Waals surface area contributed by atoms with Gasteiger partial charge in [0, 0.05) is 17.8 Å². The molecule has 15 heavy (non-hydrogen) atoms. The van der Waals surface area contributed by atoms with Crippen LogP contribution < -0.4 is 16.0 Å². The molecule has 0 saturated carbocycles. The number of aryl methyl sites for hydroxylation is 1. The third-order valence-corrected chi connectivity index (χ3v) is 1.64. The van der Waals surface area contributed by atoms with E-state index in [9.17, 15) is 18.0 Å². The zero-order chi connectivity index (χ0) is 11.6. The number of rotatable bonds is 2. The quantitative estimate of drug-likeness (QED) is 0.785. The molecule has 0 aliphatic rings. The smallest absolute Gasteiger partial charge is 0.400 e. The second kappa shape index (κ2) is 3.93. The summed E-state index contributed by atoms with van der Waals surface area (Å²) in [5, 5.41) is 0. The first-order valence-electron chi connectivity index (χ1n) is 4.02. The lowest BCUT2D eigenvalue weighted by Gasteiger charge is -2.11. The van der Waals surface area contributed by atoms with Gasteiger partial charge in [0.2, 0.25) is 0 Å². The van der Waals surface area contributed by atoms with E-state index >= 15 is 0 Å². The topological polar surface area (TPSA) is 68.1 Å². The number of alkyl halides is 3. The molecule has 0 unspecified atom stereocenters. The van der Waals surface area contributed by atoms with Gasteiger partial charge in [-0.05, 0) is 13.0 Å². The van der Waals surface area contributed by atoms with E-state index in [4.69, 9.17) is 5.73 Å². The second-order valence-electron chi connectivity index (χ2n) is 2.89. The normalized spacial score (nSPS) is 11.5. The number of halogens is 3. The van der Waals surface area contributed by atoms with Gasteiger partial charge in [0.1, 0.15) is 0 Å². The summed E-state index contributed by atoms with van der Waals surface area (Å²) >= 11 is 0. The maximum absolute atomic E-state index is 11.9. The van der Waals surface area contributed by atoms with Crippen LogP contribution in [0.2, 0.25) is 0 Å². The largest absolute Gasteiger partial charge is 0.573 e. The Hall–Kier alpha value is -1.50. The Morgan fingerprint density at radius 2 is 2.13 bits per heavy atom. The first-order valence-corrected chi connectivity index (χ1v) is 4.02. The summed E-state index contributed by atoms with van der Waals surface area (Å²) < 4.78 is 39.4. The van der Waals surface area contributed by atoms with Gasteiger partial charge >= 0.3 is 6.36 Å². The lowest BCUT2D eigenvalue weighted by atomic mass is 10.2. The third-order valence-electron chi connectivity index (χ3n) is 1.64. The van der Waals surface area contributed by atoms with E-state index in [0.29, 0.717) is 5.69 Å². The van der Waals surface area contributed by atoms with Crippen LogP contribution in [0.5, 0.6) is 5.75 Å². The van der Waals surface area contributed by atoms with Crippen LogP contribution >= 0.6 is 0 Å². The first-order chi connectivity index (χ1) is 6.83. The van der Waals surface area contributed by atoms with Crippen molar-refractivity contribution >= 4 is 0 Å².